The molecule has 3 heterocycles. The Bertz CT molecular complexity index is 1010. The van der Waals surface area contributed by atoms with Crippen LogP contribution in [-0.4, -0.2) is 81.2 Å². The first-order valence-corrected chi connectivity index (χ1v) is 14.9. The molecule has 180 valence electrons. The van der Waals surface area contributed by atoms with Crippen LogP contribution >= 0.6 is 11.3 Å². The molecule has 0 spiro atoms. The summed E-state index contributed by atoms with van der Waals surface area (Å²) in [4.78, 5) is 26.9. The van der Waals surface area contributed by atoms with Gasteiger partial charge in [0.1, 0.15) is 4.21 Å². The number of hydrogen-bond acceptors (Lipinski definition) is 8. The molecule has 0 unspecified atom stereocenters. The second-order valence-electron chi connectivity index (χ2n) is 8.33. The Balaban J connectivity index is 1.53. The van der Waals surface area contributed by atoms with Crippen LogP contribution in [0.3, 0.4) is 0 Å². The number of piperidine rings is 1. The minimum atomic E-state index is -3.55. The fraction of sp³-hybridized carbons (Fsp3) is 0.700. The molecular weight excluding hydrogens is 476 g/mol. The quantitative estimate of drug-likeness (QED) is 0.490. The molecule has 3 rings (SSSR count). The molecule has 0 radical (unpaired) electrons. The highest BCUT2D eigenvalue weighted by Crippen LogP contribution is 2.27. The first kappa shape index (κ1) is 25.1. The van der Waals surface area contributed by atoms with Gasteiger partial charge in [0.15, 0.2) is 16.4 Å². The van der Waals surface area contributed by atoms with Crippen LogP contribution in [0.15, 0.2) is 21.7 Å². The number of amides is 1. The van der Waals surface area contributed by atoms with Crippen molar-refractivity contribution < 1.29 is 31.2 Å². The number of rotatable bonds is 8. The fourth-order valence-corrected chi connectivity index (χ4v) is 8.52. The molecule has 0 aromatic carbocycles. The second-order valence-corrected chi connectivity index (χ2v) is 13.7. The van der Waals surface area contributed by atoms with E-state index in [1.54, 1.807) is 22.4 Å². The third-order valence-corrected chi connectivity index (χ3v) is 11.2. The van der Waals surface area contributed by atoms with E-state index in [0.29, 0.717) is 25.7 Å². The van der Waals surface area contributed by atoms with Gasteiger partial charge in [-0.25, -0.2) is 16.8 Å². The smallest absolute Gasteiger partial charge is 0.309 e. The van der Waals surface area contributed by atoms with Gasteiger partial charge in [-0.1, -0.05) is 13.0 Å². The van der Waals surface area contributed by atoms with Gasteiger partial charge < -0.3 is 9.64 Å². The SMILES string of the molecule is CC[C@@H](C)N(C(=O)COC(=O)C1CCN(S(=O)(=O)c2cccs2)CC1)[C@@H]1CCS(=O)(=O)C1. The molecule has 12 heteroatoms. The van der Waals surface area contributed by atoms with Gasteiger partial charge in [0.25, 0.3) is 15.9 Å². The third-order valence-electron chi connectivity index (χ3n) is 6.17. The van der Waals surface area contributed by atoms with E-state index in [1.807, 2.05) is 13.8 Å². The summed E-state index contributed by atoms with van der Waals surface area (Å²) in [6, 6.07) is 2.68. The van der Waals surface area contributed by atoms with Gasteiger partial charge in [0.05, 0.1) is 17.4 Å². The summed E-state index contributed by atoms with van der Waals surface area (Å²) in [5.41, 5.74) is 0. The monoisotopic (exact) mass is 506 g/mol. The van der Waals surface area contributed by atoms with Crippen LogP contribution in [0.5, 0.6) is 0 Å². The molecule has 0 saturated carbocycles. The Morgan fingerprint density at radius 2 is 1.97 bits per heavy atom. The lowest BCUT2D eigenvalue weighted by Crippen LogP contribution is -2.48. The van der Waals surface area contributed by atoms with E-state index in [0.717, 1.165) is 11.3 Å². The van der Waals surface area contributed by atoms with Gasteiger partial charge in [0.2, 0.25) is 0 Å². The van der Waals surface area contributed by atoms with Crippen LogP contribution in [0, 0.1) is 5.92 Å². The summed E-state index contributed by atoms with van der Waals surface area (Å²) < 4.78 is 55.9. The molecule has 2 fully saturated rings. The highest BCUT2D eigenvalue weighted by atomic mass is 32.2. The topological polar surface area (TPSA) is 118 Å². The largest absolute Gasteiger partial charge is 0.455 e. The zero-order valence-electron chi connectivity index (χ0n) is 18.3. The molecule has 0 bridgehead atoms. The van der Waals surface area contributed by atoms with Gasteiger partial charge >= 0.3 is 5.97 Å². The molecular formula is C20H30N2O7S3. The number of ether oxygens (including phenoxy) is 1. The molecule has 2 atom stereocenters. The predicted molar refractivity (Wildman–Crippen MR) is 120 cm³/mol. The molecule has 32 heavy (non-hydrogen) atoms. The van der Waals surface area contributed by atoms with Crippen molar-refractivity contribution in [3.05, 3.63) is 17.5 Å². The van der Waals surface area contributed by atoms with E-state index in [4.69, 9.17) is 4.74 Å². The number of carbonyl (C=O) groups excluding carboxylic acids is 2. The summed E-state index contributed by atoms with van der Waals surface area (Å²) >= 11 is 1.16. The fourth-order valence-electron chi connectivity index (χ4n) is 4.20. The van der Waals surface area contributed by atoms with Crippen LogP contribution in [0.2, 0.25) is 0 Å². The average Bonchev–Trinajstić information content (AvgIpc) is 3.42. The standard InChI is InChI=1S/C20H30N2O7S3/c1-3-15(2)22(17-8-12-31(25,26)14-17)18(23)13-29-20(24)16-6-9-21(10-7-16)32(27,28)19-5-4-11-30-19/h4-5,11,15-17H,3,6-10,12-14H2,1-2H3/t15-,17-/m1/s1. The van der Waals surface area contributed by atoms with Crippen molar-refractivity contribution in [3.8, 4) is 0 Å². The van der Waals surface area contributed by atoms with E-state index in [9.17, 15) is 26.4 Å². The minimum absolute atomic E-state index is 0.0601. The van der Waals surface area contributed by atoms with Crippen molar-refractivity contribution in [1.29, 1.82) is 0 Å². The van der Waals surface area contributed by atoms with E-state index in [1.165, 1.54) is 4.31 Å². The Morgan fingerprint density at radius 3 is 2.50 bits per heavy atom. The molecule has 2 aliphatic rings. The lowest BCUT2D eigenvalue weighted by atomic mass is 9.98. The van der Waals surface area contributed by atoms with Crippen molar-refractivity contribution in [3.63, 3.8) is 0 Å². The molecule has 2 aliphatic heterocycles. The van der Waals surface area contributed by atoms with Crippen molar-refractivity contribution >= 4 is 43.1 Å². The van der Waals surface area contributed by atoms with E-state index < -0.39 is 50.3 Å². The number of nitrogens with zero attached hydrogens (tertiary/aromatic N) is 2. The van der Waals surface area contributed by atoms with E-state index in [-0.39, 0.29) is 34.8 Å². The highest BCUT2D eigenvalue weighted by Gasteiger charge is 2.38. The van der Waals surface area contributed by atoms with Gasteiger partial charge in [-0.2, -0.15) is 4.31 Å². The number of carbonyl (C=O) groups is 2. The molecule has 9 nitrogen and oxygen atoms in total. The molecule has 0 N–H and O–H groups in total. The molecule has 0 aliphatic carbocycles. The molecule has 1 aromatic rings. The number of sulfonamides is 1. The van der Waals surface area contributed by atoms with Gasteiger partial charge in [-0.05, 0) is 44.1 Å². The Labute approximate surface area is 193 Å². The average molecular weight is 507 g/mol. The van der Waals surface area contributed by atoms with Crippen LogP contribution in [0.25, 0.3) is 0 Å². The lowest BCUT2D eigenvalue weighted by molar-refractivity contribution is -0.158. The molecule has 1 amide bonds. The maximum Gasteiger partial charge on any atom is 0.309 e. The highest BCUT2D eigenvalue weighted by molar-refractivity contribution is 7.91. The number of esters is 1. The number of hydrogen-bond donors (Lipinski definition) is 0. The summed E-state index contributed by atoms with van der Waals surface area (Å²) in [7, 11) is -6.70. The van der Waals surface area contributed by atoms with Crippen LogP contribution in [0.1, 0.15) is 39.5 Å². The number of sulfone groups is 1. The van der Waals surface area contributed by atoms with Crippen molar-refractivity contribution in [2.45, 2.75) is 55.8 Å². The Morgan fingerprint density at radius 1 is 1.28 bits per heavy atom. The number of thiophene rings is 1. The first-order chi connectivity index (χ1) is 15.0. The normalized spacial score (nSPS) is 23.0. The van der Waals surface area contributed by atoms with Crippen molar-refractivity contribution in [2.75, 3.05) is 31.2 Å². The van der Waals surface area contributed by atoms with Crippen LogP contribution in [-0.2, 0) is 34.2 Å². The molecule has 1 aromatic heterocycles. The summed E-state index contributed by atoms with van der Waals surface area (Å²) in [6.45, 7) is 3.76. The van der Waals surface area contributed by atoms with Crippen LogP contribution < -0.4 is 0 Å². The predicted octanol–water partition coefficient (Wildman–Crippen LogP) is 1.51. The van der Waals surface area contributed by atoms with Gasteiger partial charge in [-0.15, -0.1) is 11.3 Å². The van der Waals surface area contributed by atoms with E-state index >= 15 is 0 Å². The van der Waals surface area contributed by atoms with Gasteiger partial charge in [0, 0.05) is 25.2 Å². The third kappa shape index (κ3) is 5.70. The summed E-state index contributed by atoms with van der Waals surface area (Å²) in [5.74, 6) is -1.39. The Kier molecular flexibility index (Phi) is 8.00. The van der Waals surface area contributed by atoms with Crippen molar-refractivity contribution in [2.24, 2.45) is 5.92 Å². The zero-order valence-corrected chi connectivity index (χ0v) is 20.8. The summed E-state index contributed by atoms with van der Waals surface area (Å²) in [6.07, 6.45) is 1.71. The summed E-state index contributed by atoms with van der Waals surface area (Å²) in [5, 5.41) is 1.71. The zero-order chi connectivity index (χ0) is 23.5. The lowest BCUT2D eigenvalue weighted by Gasteiger charge is -2.34. The second kappa shape index (κ2) is 10.2. The van der Waals surface area contributed by atoms with Crippen LogP contribution in [0.4, 0.5) is 0 Å². The van der Waals surface area contributed by atoms with Gasteiger partial charge in [-0.3, -0.25) is 9.59 Å². The minimum Gasteiger partial charge on any atom is -0.455 e. The molecule has 2 saturated heterocycles. The maximum absolute atomic E-state index is 12.8. The first-order valence-electron chi connectivity index (χ1n) is 10.8. The maximum atomic E-state index is 12.8. The Hall–Kier alpha value is -1.50. The van der Waals surface area contributed by atoms with Crippen molar-refractivity contribution in [1.82, 2.24) is 9.21 Å². The van der Waals surface area contributed by atoms with E-state index in [2.05, 4.69) is 0 Å².